The van der Waals surface area contributed by atoms with Gasteiger partial charge in [-0.25, -0.2) is 0 Å². The van der Waals surface area contributed by atoms with Gasteiger partial charge in [0, 0.05) is 24.4 Å². The Balaban J connectivity index is 1.86. The van der Waals surface area contributed by atoms with Crippen LogP contribution in [-0.2, 0) is 11.2 Å². The maximum Gasteiger partial charge on any atom is 0.191 e. The van der Waals surface area contributed by atoms with Crippen LogP contribution >= 0.6 is 0 Å². The molecule has 0 spiro atoms. The van der Waals surface area contributed by atoms with Gasteiger partial charge < -0.3 is 10.1 Å². The van der Waals surface area contributed by atoms with Gasteiger partial charge >= 0.3 is 0 Å². The molecule has 1 aromatic carbocycles. The number of benzene rings is 1. The Bertz CT molecular complexity index is 422. The molecule has 84 valence electrons. The van der Waals surface area contributed by atoms with Gasteiger partial charge in [-0.2, -0.15) is 0 Å². The molecule has 1 atom stereocenters. The van der Waals surface area contributed by atoms with Crippen molar-refractivity contribution in [1.82, 2.24) is 0 Å². The van der Waals surface area contributed by atoms with Crippen LogP contribution in [0.2, 0.25) is 0 Å². The second-order valence-electron chi connectivity index (χ2n) is 4.41. The first-order chi connectivity index (χ1) is 7.84. The fourth-order valence-corrected chi connectivity index (χ4v) is 2.43. The standard InChI is InChI=1S/C13H15NO2/c15-13(12-2-1-7-16-12)10-3-4-11-9(8-10)5-6-14-11/h3-4,8,12,14H,1-2,5-7H2. The van der Waals surface area contributed by atoms with Gasteiger partial charge in [-0.1, -0.05) is 0 Å². The summed E-state index contributed by atoms with van der Waals surface area (Å²) in [5, 5.41) is 3.29. The summed E-state index contributed by atoms with van der Waals surface area (Å²) in [6.45, 7) is 1.70. The first-order valence-electron chi connectivity index (χ1n) is 5.87. The molecule has 3 nitrogen and oxygen atoms in total. The number of carbonyl (C=O) groups excluding carboxylic acids is 1. The van der Waals surface area contributed by atoms with Gasteiger partial charge in [0.1, 0.15) is 6.10 Å². The van der Waals surface area contributed by atoms with E-state index >= 15 is 0 Å². The number of ether oxygens (including phenoxy) is 1. The number of carbonyl (C=O) groups is 1. The minimum atomic E-state index is -0.201. The lowest BCUT2D eigenvalue weighted by Gasteiger charge is -2.09. The van der Waals surface area contributed by atoms with Crippen molar-refractivity contribution in [3.05, 3.63) is 29.3 Å². The van der Waals surface area contributed by atoms with E-state index in [1.54, 1.807) is 0 Å². The normalized spacial score (nSPS) is 22.9. The highest BCUT2D eigenvalue weighted by molar-refractivity contribution is 6.00. The number of anilines is 1. The van der Waals surface area contributed by atoms with Crippen molar-refractivity contribution in [3.8, 4) is 0 Å². The smallest absolute Gasteiger partial charge is 0.191 e. The van der Waals surface area contributed by atoms with Crippen molar-refractivity contribution >= 4 is 11.5 Å². The molecule has 0 saturated carbocycles. The molecular formula is C13H15NO2. The molecule has 0 aliphatic carbocycles. The van der Waals surface area contributed by atoms with Gasteiger partial charge in [-0.05, 0) is 43.0 Å². The molecule has 2 aliphatic rings. The molecule has 2 aliphatic heterocycles. The fourth-order valence-electron chi connectivity index (χ4n) is 2.43. The predicted octanol–water partition coefficient (Wildman–Crippen LogP) is 2.02. The summed E-state index contributed by atoms with van der Waals surface area (Å²) >= 11 is 0. The van der Waals surface area contributed by atoms with Crippen LogP contribution in [0.1, 0.15) is 28.8 Å². The highest BCUT2D eigenvalue weighted by atomic mass is 16.5. The molecule has 1 fully saturated rings. The molecule has 3 rings (SSSR count). The zero-order valence-electron chi connectivity index (χ0n) is 9.16. The zero-order valence-corrected chi connectivity index (χ0v) is 9.16. The summed E-state index contributed by atoms with van der Waals surface area (Å²) in [5.74, 6) is 0.146. The molecule has 0 radical (unpaired) electrons. The largest absolute Gasteiger partial charge is 0.384 e. The van der Waals surface area contributed by atoms with E-state index in [1.165, 1.54) is 11.3 Å². The van der Waals surface area contributed by atoms with E-state index < -0.39 is 0 Å². The van der Waals surface area contributed by atoms with Crippen molar-refractivity contribution in [1.29, 1.82) is 0 Å². The van der Waals surface area contributed by atoms with E-state index in [1.807, 2.05) is 18.2 Å². The molecule has 16 heavy (non-hydrogen) atoms. The average Bonchev–Trinajstić information content (AvgIpc) is 2.98. The topological polar surface area (TPSA) is 38.3 Å². The summed E-state index contributed by atoms with van der Waals surface area (Å²) in [7, 11) is 0. The molecule has 1 unspecified atom stereocenters. The Morgan fingerprint density at radius 2 is 2.38 bits per heavy atom. The Morgan fingerprint density at radius 1 is 1.44 bits per heavy atom. The lowest BCUT2D eigenvalue weighted by molar-refractivity contribution is 0.0643. The van der Waals surface area contributed by atoms with E-state index in [2.05, 4.69) is 5.32 Å². The van der Waals surface area contributed by atoms with Gasteiger partial charge in [0.25, 0.3) is 0 Å². The number of ketones is 1. The Morgan fingerprint density at radius 3 is 3.19 bits per heavy atom. The van der Waals surface area contributed by atoms with Gasteiger partial charge in [-0.3, -0.25) is 4.79 Å². The van der Waals surface area contributed by atoms with Crippen LogP contribution in [0.25, 0.3) is 0 Å². The van der Waals surface area contributed by atoms with E-state index in [0.29, 0.717) is 0 Å². The zero-order chi connectivity index (χ0) is 11.0. The Labute approximate surface area is 94.8 Å². The third-order valence-corrected chi connectivity index (χ3v) is 3.32. The first-order valence-corrected chi connectivity index (χ1v) is 5.87. The molecule has 0 aromatic heterocycles. The monoisotopic (exact) mass is 217 g/mol. The third-order valence-electron chi connectivity index (χ3n) is 3.32. The maximum absolute atomic E-state index is 12.1. The van der Waals surface area contributed by atoms with Gasteiger partial charge in [0.05, 0.1) is 0 Å². The summed E-state index contributed by atoms with van der Waals surface area (Å²) in [4.78, 5) is 12.1. The minimum absolute atomic E-state index is 0.146. The maximum atomic E-state index is 12.1. The summed E-state index contributed by atoms with van der Waals surface area (Å²) < 4.78 is 5.42. The SMILES string of the molecule is O=C(c1ccc2c(c1)CCN2)C1CCCO1. The second-order valence-corrected chi connectivity index (χ2v) is 4.41. The third kappa shape index (κ3) is 1.61. The van der Waals surface area contributed by atoms with Crippen LogP contribution in [-0.4, -0.2) is 25.0 Å². The van der Waals surface area contributed by atoms with Crippen LogP contribution in [0.4, 0.5) is 5.69 Å². The highest BCUT2D eigenvalue weighted by Gasteiger charge is 2.25. The van der Waals surface area contributed by atoms with E-state index in [9.17, 15) is 4.79 Å². The average molecular weight is 217 g/mol. The van der Waals surface area contributed by atoms with Crippen LogP contribution < -0.4 is 5.32 Å². The van der Waals surface area contributed by atoms with E-state index in [4.69, 9.17) is 4.74 Å². The van der Waals surface area contributed by atoms with Crippen LogP contribution in [0.3, 0.4) is 0 Å². The van der Waals surface area contributed by atoms with Gasteiger partial charge in [0.2, 0.25) is 0 Å². The summed E-state index contributed by atoms with van der Waals surface area (Å²) in [6, 6.07) is 5.92. The van der Waals surface area contributed by atoms with Crippen molar-refractivity contribution in [3.63, 3.8) is 0 Å². The van der Waals surface area contributed by atoms with Crippen molar-refractivity contribution in [2.75, 3.05) is 18.5 Å². The molecular weight excluding hydrogens is 202 g/mol. The molecule has 3 heteroatoms. The molecule has 1 N–H and O–H groups in total. The molecule has 0 amide bonds. The van der Waals surface area contributed by atoms with Crippen LogP contribution in [0, 0.1) is 0 Å². The predicted molar refractivity (Wildman–Crippen MR) is 61.9 cm³/mol. The van der Waals surface area contributed by atoms with Gasteiger partial charge in [0.15, 0.2) is 5.78 Å². The lowest BCUT2D eigenvalue weighted by atomic mass is 10.0. The summed E-state index contributed by atoms with van der Waals surface area (Å²) in [5.41, 5.74) is 3.22. The first kappa shape index (κ1) is 9.85. The van der Waals surface area contributed by atoms with Crippen molar-refractivity contribution in [2.45, 2.75) is 25.4 Å². The van der Waals surface area contributed by atoms with Crippen LogP contribution in [0.5, 0.6) is 0 Å². The number of rotatable bonds is 2. The van der Waals surface area contributed by atoms with Crippen molar-refractivity contribution < 1.29 is 9.53 Å². The van der Waals surface area contributed by atoms with E-state index in [0.717, 1.165) is 38.0 Å². The number of Topliss-reactive ketones (excluding diaryl/α,β-unsaturated/α-hetero) is 1. The summed E-state index contributed by atoms with van der Waals surface area (Å²) in [6.07, 6.45) is 2.69. The molecule has 0 bridgehead atoms. The van der Waals surface area contributed by atoms with E-state index in [-0.39, 0.29) is 11.9 Å². The lowest BCUT2D eigenvalue weighted by Crippen LogP contribution is -2.19. The minimum Gasteiger partial charge on any atom is -0.384 e. The Kier molecular flexibility index (Phi) is 2.40. The fraction of sp³-hybridized carbons (Fsp3) is 0.462. The number of hydrogen-bond donors (Lipinski definition) is 1. The quantitative estimate of drug-likeness (QED) is 0.770. The molecule has 1 saturated heterocycles. The van der Waals surface area contributed by atoms with Gasteiger partial charge in [-0.15, -0.1) is 0 Å². The number of fused-ring (bicyclic) bond motifs is 1. The van der Waals surface area contributed by atoms with Crippen molar-refractivity contribution in [2.24, 2.45) is 0 Å². The Hall–Kier alpha value is -1.35. The van der Waals surface area contributed by atoms with Crippen LogP contribution in [0.15, 0.2) is 18.2 Å². The molecule has 2 heterocycles. The second kappa shape index (κ2) is 3.91. The molecule has 1 aromatic rings. The highest BCUT2D eigenvalue weighted by Crippen LogP contribution is 2.25. The number of nitrogens with one attached hydrogen (secondary N) is 1. The number of hydrogen-bond acceptors (Lipinski definition) is 3.